The first-order chi connectivity index (χ1) is 10.0. The molecular formula is C13H10N5O2S. The van der Waals surface area contributed by atoms with E-state index in [0.717, 1.165) is 0 Å². The summed E-state index contributed by atoms with van der Waals surface area (Å²) in [6, 6.07) is 12.9. The first kappa shape index (κ1) is 13.4. The Bertz CT molecular complexity index is 875. The minimum Gasteiger partial charge on any atom is -0.244 e. The number of hydrogen-bond donors (Lipinski definition) is 1. The third-order valence-electron chi connectivity index (χ3n) is 2.83. The Labute approximate surface area is 121 Å². The number of benzene rings is 1. The van der Waals surface area contributed by atoms with Crippen molar-refractivity contribution in [3.63, 3.8) is 0 Å². The summed E-state index contributed by atoms with van der Waals surface area (Å²) in [5.74, 6) is 0.423. The van der Waals surface area contributed by atoms with Crippen molar-refractivity contribution in [2.45, 2.75) is 4.90 Å². The van der Waals surface area contributed by atoms with Crippen molar-refractivity contribution < 1.29 is 8.42 Å². The minimum absolute atomic E-state index is 0.244. The molecule has 3 aromatic rings. The summed E-state index contributed by atoms with van der Waals surface area (Å²) >= 11 is 0. The fourth-order valence-corrected chi connectivity index (χ4v) is 2.48. The zero-order chi connectivity index (χ0) is 14.9. The van der Waals surface area contributed by atoms with Gasteiger partial charge in [-0.15, -0.1) is 5.10 Å². The van der Waals surface area contributed by atoms with Gasteiger partial charge in [-0.25, -0.2) is 18.5 Å². The lowest BCUT2D eigenvalue weighted by molar-refractivity contribution is 0.602. The summed E-state index contributed by atoms with van der Waals surface area (Å²) in [6.07, 6.45) is 1.17. The van der Waals surface area contributed by atoms with Crippen molar-refractivity contribution in [2.75, 3.05) is 6.26 Å². The summed E-state index contributed by atoms with van der Waals surface area (Å²) < 4.78 is 23.2. The van der Waals surface area contributed by atoms with Gasteiger partial charge in [0.1, 0.15) is 5.69 Å². The number of pyridine rings is 1. The standard InChI is InChI=1S/C13H10N5O2S/c1-21(19,20)10-5-2-4-9(8-10)11-6-3-7-12(14-11)13-15-17-18-16-13/h2,4-8H,1H3,(H,15,16,17,18). The first-order valence-electron chi connectivity index (χ1n) is 5.97. The second-order valence-electron chi connectivity index (χ2n) is 4.39. The van der Waals surface area contributed by atoms with Crippen LogP contribution < -0.4 is 0 Å². The third-order valence-corrected chi connectivity index (χ3v) is 3.94. The van der Waals surface area contributed by atoms with Crippen LogP contribution in [0.1, 0.15) is 0 Å². The molecule has 0 unspecified atom stereocenters. The maximum Gasteiger partial charge on any atom is 0.198 e. The van der Waals surface area contributed by atoms with Crippen molar-refractivity contribution in [1.82, 2.24) is 25.6 Å². The molecule has 1 aromatic carbocycles. The van der Waals surface area contributed by atoms with E-state index in [9.17, 15) is 8.42 Å². The smallest absolute Gasteiger partial charge is 0.198 e. The van der Waals surface area contributed by atoms with Crippen LogP contribution in [0.4, 0.5) is 0 Å². The average molecular weight is 300 g/mol. The number of nitrogens with zero attached hydrogens (tertiary/aromatic N) is 4. The number of sulfone groups is 1. The fourth-order valence-electron chi connectivity index (χ4n) is 1.82. The fraction of sp³-hybridized carbons (Fsp3) is 0.0769. The van der Waals surface area contributed by atoms with Crippen molar-refractivity contribution >= 4 is 9.84 Å². The highest BCUT2D eigenvalue weighted by molar-refractivity contribution is 7.90. The van der Waals surface area contributed by atoms with Gasteiger partial charge in [0.25, 0.3) is 0 Å². The molecule has 0 saturated heterocycles. The maximum atomic E-state index is 11.6. The SMILES string of the molecule is CS(=O)(=O)c1cccc(-c2c[c]cc(-c3nnn[nH]3)n2)c1. The van der Waals surface area contributed by atoms with E-state index in [1.54, 1.807) is 36.4 Å². The van der Waals surface area contributed by atoms with Gasteiger partial charge in [0.15, 0.2) is 15.7 Å². The van der Waals surface area contributed by atoms with E-state index < -0.39 is 9.84 Å². The number of nitrogens with one attached hydrogen (secondary N) is 1. The number of aromatic nitrogens is 5. The number of H-pyrrole nitrogens is 1. The number of hydrogen-bond acceptors (Lipinski definition) is 6. The van der Waals surface area contributed by atoms with E-state index in [1.807, 2.05) is 0 Å². The van der Waals surface area contributed by atoms with Gasteiger partial charge in [0, 0.05) is 11.8 Å². The van der Waals surface area contributed by atoms with Gasteiger partial charge in [-0.3, -0.25) is 0 Å². The van der Waals surface area contributed by atoms with E-state index in [1.165, 1.54) is 6.26 Å². The van der Waals surface area contributed by atoms with Crippen molar-refractivity contribution in [2.24, 2.45) is 0 Å². The third kappa shape index (κ3) is 2.79. The molecule has 0 spiro atoms. The molecule has 7 nitrogen and oxygen atoms in total. The largest absolute Gasteiger partial charge is 0.244 e. The molecule has 2 aromatic heterocycles. The van der Waals surface area contributed by atoms with Gasteiger partial charge < -0.3 is 0 Å². The van der Waals surface area contributed by atoms with Crippen molar-refractivity contribution in [1.29, 1.82) is 0 Å². The normalized spacial score (nSPS) is 11.5. The van der Waals surface area contributed by atoms with Crippen molar-refractivity contribution in [3.05, 3.63) is 42.5 Å². The highest BCUT2D eigenvalue weighted by Crippen LogP contribution is 2.22. The minimum atomic E-state index is -3.26. The number of tetrazole rings is 1. The molecule has 0 amide bonds. The van der Waals surface area contributed by atoms with E-state index in [0.29, 0.717) is 22.8 Å². The maximum absolute atomic E-state index is 11.6. The Morgan fingerprint density at radius 1 is 1.19 bits per heavy atom. The molecule has 21 heavy (non-hydrogen) atoms. The van der Waals surface area contributed by atoms with E-state index >= 15 is 0 Å². The lowest BCUT2D eigenvalue weighted by Crippen LogP contribution is -1.97. The molecule has 0 fully saturated rings. The van der Waals surface area contributed by atoms with Crippen LogP contribution in [0.3, 0.4) is 0 Å². The molecule has 0 aliphatic carbocycles. The second kappa shape index (κ2) is 5.06. The molecule has 0 saturated carbocycles. The van der Waals surface area contributed by atoms with E-state index in [4.69, 9.17) is 0 Å². The molecule has 3 rings (SSSR count). The Morgan fingerprint density at radius 2 is 2.00 bits per heavy atom. The lowest BCUT2D eigenvalue weighted by atomic mass is 10.1. The second-order valence-corrected chi connectivity index (χ2v) is 6.40. The molecule has 8 heteroatoms. The molecule has 105 valence electrons. The summed E-state index contributed by atoms with van der Waals surface area (Å²) in [6.45, 7) is 0. The first-order valence-corrected chi connectivity index (χ1v) is 7.86. The topological polar surface area (TPSA) is 101 Å². The zero-order valence-electron chi connectivity index (χ0n) is 11.0. The molecule has 0 atom stereocenters. The highest BCUT2D eigenvalue weighted by atomic mass is 32.2. The van der Waals surface area contributed by atoms with E-state index in [-0.39, 0.29) is 4.90 Å². The summed E-state index contributed by atoms with van der Waals surface area (Å²) in [5.41, 5.74) is 1.81. The monoisotopic (exact) mass is 300 g/mol. The van der Waals surface area contributed by atoms with Crippen LogP contribution in [0.5, 0.6) is 0 Å². The van der Waals surface area contributed by atoms with Gasteiger partial charge in [-0.05, 0) is 40.8 Å². The van der Waals surface area contributed by atoms with Crippen LogP contribution in [0.2, 0.25) is 0 Å². The molecule has 1 N–H and O–H groups in total. The van der Waals surface area contributed by atoms with Crippen LogP contribution >= 0.6 is 0 Å². The predicted octanol–water partition coefficient (Wildman–Crippen LogP) is 1.13. The molecule has 2 heterocycles. The van der Waals surface area contributed by atoms with E-state index in [2.05, 4.69) is 31.7 Å². The molecule has 1 radical (unpaired) electrons. The van der Waals surface area contributed by atoms with Crippen LogP contribution in [0.15, 0.2) is 41.3 Å². The molecule has 0 aliphatic heterocycles. The summed E-state index contributed by atoms with van der Waals surface area (Å²) in [7, 11) is -3.26. The lowest BCUT2D eigenvalue weighted by Gasteiger charge is -2.04. The Kier molecular flexibility index (Phi) is 3.22. The quantitative estimate of drug-likeness (QED) is 0.778. The van der Waals surface area contributed by atoms with Crippen LogP contribution in [0.25, 0.3) is 22.8 Å². The summed E-state index contributed by atoms with van der Waals surface area (Å²) in [5, 5.41) is 13.4. The van der Waals surface area contributed by atoms with Gasteiger partial charge in [0.05, 0.1) is 10.6 Å². The van der Waals surface area contributed by atoms with Gasteiger partial charge >= 0.3 is 0 Å². The van der Waals surface area contributed by atoms with Gasteiger partial charge in [-0.2, -0.15) is 0 Å². The van der Waals surface area contributed by atoms with Crippen LogP contribution in [-0.2, 0) is 9.84 Å². The Balaban J connectivity index is 2.07. The average Bonchev–Trinajstić information content (AvgIpc) is 3.01. The van der Waals surface area contributed by atoms with Gasteiger partial charge in [-0.1, -0.05) is 12.1 Å². The predicted molar refractivity (Wildman–Crippen MR) is 74.8 cm³/mol. The zero-order valence-corrected chi connectivity index (χ0v) is 11.8. The molecular weight excluding hydrogens is 290 g/mol. The number of rotatable bonds is 3. The van der Waals surface area contributed by atoms with Crippen LogP contribution in [-0.4, -0.2) is 40.3 Å². The van der Waals surface area contributed by atoms with Crippen molar-refractivity contribution in [3.8, 4) is 22.8 Å². The van der Waals surface area contributed by atoms with Gasteiger partial charge in [0.2, 0.25) is 0 Å². The molecule has 0 aliphatic rings. The Hall–Kier alpha value is -2.61. The summed E-state index contributed by atoms with van der Waals surface area (Å²) in [4.78, 5) is 4.65. The Morgan fingerprint density at radius 3 is 2.71 bits per heavy atom. The van der Waals surface area contributed by atoms with Crippen LogP contribution in [0, 0.1) is 6.07 Å². The number of aromatic amines is 1. The molecule has 0 bridgehead atoms. The highest BCUT2D eigenvalue weighted by Gasteiger charge is 2.10.